The Labute approximate surface area is 126 Å². The highest BCUT2D eigenvalue weighted by Gasteiger charge is 2.34. The molecule has 0 unspecified atom stereocenters. The minimum Gasteiger partial charge on any atom is -0.508 e. The zero-order valence-corrected chi connectivity index (χ0v) is 13.1. The summed E-state index contributed by atoms with van der Waals surface area (Å²) in [6.07, 6.45) is 1.12. The highest BCUT2D eigenvalue weighted by Crippen LogP contribution is 2.32. The summed E-state index contributed by atoms with van der Waals surface area (Å²) >= 11 is 5.62. The van der Waals surface area contributed by atoms with Gasteiger partial charge in [-0.05, 0) is 30.2 Å². The van der Waals surface area contributed by atoms with Crippen molar-refractivity contribution < 1.29 is 9.84 Å². The van der Waals surface area contributed by atoms with Gasteiger partial charge in [0.2, 0.25) is 0 Å². The molecule has 1 N–H and O–H groups in total. The summed E-state index contributed by atoms with van der Waals surface area (Å²) in [7, 11) is 0. The van der Waals surface area contributed by atoms with Crippen LogP contribution >= 0.6 is 27.7 Å². The van der Waals surface area contributed by atoms with Crippen molar-refractivity contribution in [2.24, 2.45) is 0 Å². The van der Waals surface area contributed by atoms with E-state index in [9.17, 15) is 5.11 Å². The van der Waals surface area contributed by atoms with Crippen LogP contribution in [0.5, 0.6) is 5.75 Å². The molecule has 2 aliphatic heterocycles. The maximum atomic E-state index is 9.64. The second-order valence-corrected chi connectivity index (χ2v) is 7.29. The summed E-state index contributed by atoms with van der Waals surface area (Å²) in [6, 6.07) is 6.11. The van der Waals surface area contributed by atoms with Gasteiger partial charge >= 0.3 is 0 Å². The molecule has 0 bridgehead atoms. The molecule has 0 spiro atoms. The van der Waals surface area contributed by atoms with Gasteiger partial charge in [-0.3, -0.25) is 4.90 Å². The fraction of sp³-hybridized carbons (Fsp3) is 0.571. The van der Waals surface area contributed by atoms with Crippen molar-refractivity contribution in [3.8, 4) is 5.75 Å². The average molecular weight is 344 g/mol. The molecule has 0 aliphatic carbocycles. The van der Waals surface area contributed by atoms with Crippen LogP contribution in [0.25, 0.3) is 0 Å². The van der Waals surface area contributed by atoms with E-state index in [1.165, 1.54) is 5.75 Å². The monoisotopic (exact) mass is 343 g/mol. The number of aromatic hydroxyl groups is 1. The third-order valence-electron chi connectivity index (χ3n) is 3.85. The lowest BCUT2D eigenvalue weighted by atomic mass is 10.0. The van der Waals surface area contributed by atoms with Crippen molar-refractivity contribution in [3.05, 3.63) is 28.2 Å². The van der Waals surface area contributed by atoms with Crippen LogP contribution in [0.1, 0.15) is 12.0 Å². The highest BCUT2D eigenvalue weighted by atomic mass is 79.9. The van der Waals surface area contributed by atoms with E-state index in [-0.39, 0.29) is 0 Å². The number of thioether (sulfide) groups is 1. The van der Waals surface area contributed by atoms with Crippen molar-refractivity contribution in [3.63, 3.8) is 0 Å². The van der Waals surface area contributed by atoms with Gasteiger partial charge in [-0.25, -0.2) is 0 Å². The van der Waals surface area contributed by atoms with Crippen LogP contribution in [0.15, 0.2) is 22.7 Å². The Bertz CT molecular complexity index is 455. The van der Waals surface area contributed by atoms with Gasteiger partial charge in [-0.1, -0.05) is 15.9 Å². The second-order valence-electron chi connectivity index (χ2n) is 5.09. The Hall–Kier alpha value is -0.230. The lowest BCUT2D eigenvalue weighted by Crippen LogP contribution is -2.51. The first-order valence-electron chi connectivity index (χ1n) is 6.65. The largest absolute Gasteiger partial charge is 0.508 e. The van der Waals surface area contributed by atoms with Crippen LogP contribution in [0.2, 0.25) is 0 Å². The topological polar surface area (TPSA) is 32.7 Å². The number of benzene rings is 1. The van der Waals surface area contributed by atoms with E-state index in [1.807, 2.05) is 23.9 Å². The molecule has 2 atom stereocenters. The van der Waals surface area contributed by atoms with Crippen LogP contribution in [-0.4, -0.2) is 46.8 Å². The van der Waals surface area contributed by atoms with Gasteiger partial charge in [0.05, 0.1) is 6.61 Å². The molecule has 2 saturated heterocycles. The Morgan fingerprint density at radius 3 is 3.26 bits per heavy atom. The van der Waals surface area contributed by atoms with Gasteiger partial charge in [0, 0.05) is 41.2 Å². The van der Waals surface area contributed by atoms with Gasteiger partial charge < -0.3 is 9.84 Å². The zero-order valence-electron chi connectivity index (χ0n) is 10.7. The molecule has 1 aromatic carbocycles. The summed E-state index contributed by atoms with van der Waals surface area (Å²) in [6.45, 7) is 3.77. The Kier molecular flexibility index (Phi) is 4.37. The molecule has 0 amide bonds. The van der Waals surface area contributed by atoms with Crippen LogP contribution in [0.3, 0.4) is 0 Å². The zero-order chi connectivity index (χ0) is 13.2. The molecule has 2 aliphatic rings. The molecular formula is C14H18BrNO2S. The predicted molar refractivity (Wildman–Crippen MR) is 81.7 cm³/mol. The summed E-state index contributed by atoms with van der Waals surface area (Å²) in [5.74, 6) is 1.51. The lowest BCUT2D eigenvalue weighted by Gasteiger charge is -2.43. The van der Waals surface area contributed by atoms with E-state index in [2.05, 4.69) is 20.8 Å². The Balaban J connectivity index is 1.75. The van der Waals surface area contributed by atoms with Gasteiger partial charge in [0.15, 0.2) is 0 Å². The predicted octanol–water partition coefficient (Wildman–Crippen LogP) is 2.86. The second kappa shape index (κ2) is 6.04. The normalized spacial score (nSPS) is 28.1. The summed E-state index contributed by atoms with van der Waals surface area (Å²) < 4.78 is 6.66. The molecule has 3 rings (SSSR count). The quantitative estimate of drug-likeness (QED) is 0.894. The minimum absolute atomic E-state index is 0.341. The van der Waals surface area contributed by atoms with Gasteiger partial charge in [0.1, 0.15) is 5.75 Å². The number of phenolic OH excluding ortho intramolecular Hbond substituents is 1. The molecule has 3 nitrogen and oxygen atoms in total. The van der Waals surface area contributed by atoms with Crippen LogP contribution < -0.4 is 0 Å². The Morgan fingerprint density at radius 1 is 1.47 bits per heavy atom. The molecule has 1 aromatic rings. The number of hydrogen-bond donors (Lipinski definition) is 1. The number of rotatable bonds is 2. The van der Waals surface area contributed by atoms with Crippen LogP contribution in [0.4, 0.5) is 0 Å². The van der Waals surface area contributed by atoms with Crippen molar-refractivity contribution in [2.75, 3.05) is 25.5 Å². The first-order chi connectivity index (χ1) is 9.24. The van der Waals surface area contributed by atoms with Crippen molar-refractivity contribution in [2.45, 2.75) is 24.3 Å². The number of halogens is 1. The average Bonchev–Trinajstić information content (AvgIpc) is 2.43. The van der Waals surface area contributed by atoms with E-state index >= 15 is 0 Å². The molecule has 0 saturated carbocycles. The highest BCUT2D eigenvalue weighted by molar-refractivity contribution is 9.10. The first kappa shape index (κ1) is 13.7. The molecule has 104 valence electrons. The van der Waals surface area contributed by atoms with E-state index in [1.54, 1.807) is 6.07 Å². The van der Waals surface area contributed by atoms with E-state index < -0.39 is 0 Å². The number of hydrogen-bond acceptors (Lipinski definition) is 4. The fourth-order valence-corrected chi connectivity index (χ4v) is 4.60. The Morgan fingerprint density at radius 2 is 2.37 bits per heavy atom. The number of ether oxygens (including phenoxy) is 1. The lowest BCUT2D eigenvalue weighted by molar-refractivity contribution is 0.0350. The molecule has 19 heavy (non-hydrogen) atoms. The van der Waals surface area contributed by atoms with Gasteiger partial charge in [0.25, 0.3) is 0 Å². The van der Waals surface area contributed by atoms with Crippen LogP contribution in [-0.2, 0) is 11.3 Å². The summed E-state index contributed by atoms with van der Waals surface area (Å²) in [4.78, 5) is 2.54. The van der Waals surface area contributed by atoms with Gasteiger partial charge in [-0.15, -0.1) is 0 Å². The van der Waals surface area contributed by atoms with E-state index in [0.717, 1.165) is 42.8 Å². The van der Waals surface area contributed by atoms with Crippen molar-refractivity contribution in [1.29, 1.82) is 0 Å². The van der Waals surface area contributed by atoms with Crippen molar-refractivity contribution in [1.82, 2.24) is 4.90 Å². The molecule has 0 aromatic heterocycles. The fourth-order valence-electron chi connectivity index (χ4n) is 2.86. The van der Waals surface area contributed by atoms with E-state index in [0.29, 0.717) is 17.0 Å². The summed E-state index contributed by atoms with van der Waals surface area (Å²) in [5.41, 5.74) is 1.16. The third-order valence-corrected chi connectivity index (χ3v) is 5.92. The maximum absolute atomic E-state index is 9.64. The molecule has 2 fully saturated rings. The van der Waals surface area contributed by atoms with Crippen LogP contribution in [0, 0.1) is 0 Å². The summed E-state index contributed by atoms with van der Waals surface area (Å²) in [5, 5.41) is 10.2. The number of phenols is 1. The van der Waals surface area contributed by atoms with E-state index in [4.69, 9.17) is 4.74 Å². The standard InChI is InChI=1S/C14H18BrNO2S/c15-12-2-1-11(17)7-10(12)8-16-4-6-19-14-9-18-5-3-13(14)16/h1-2,7,13-14,17H,3-6,8-9H2/t13-,14-/m0/s1. The smallest absolute Gasteiger partial charge is 0.115 e. The minimum atomic E-state index is 0.341. The third kappa shape index (κ3) is 3.10. The first-order valence-corrected chi connectivity index (χ1v) is 8.49. The molecule has 0 radical (unpaired) electrons. The SMILES string of the molecule is Oc1ccc(Br)c(CN2CCS[C@H]3COCC[C@@H]32)c1. The molecule has 5 heteroatoms. The molecular weight excluding hydrogens is 326 g/mol. The number of nitrogens with zero attached hydrogens (tertiary/aromatic N) is 1. The molecule has 2 heterocycles. The number of fused-ring (bicyclic) bond motifs is 1. The van der Waals surface area contributed by atoms with Crippen molar-refractivity contribution >= 4 is 27.7 Å². The van der Waals surface area contributed by atoms with Gasteiger partial charge in [-0.2, -0.15) is 11.8 Å². The maximum Gasteiger partial charge on any atom is 0.115 e.